The molecule has 134 valence electrons. The Morgan fingerprint density at radius 2 is 1.93 bits per heavy atom. The molecule has 1 aromatic carbocycles. The molecule has 6 nitrogen and oxygen atoms in total. The number of nitriles is 1. The van der Waals surface area contributed by atoms with Crippen molar-refractivity contribution in [2.75, 3.05) is 18.9 Å². The summed E-state index contributed by atoms with van der Waals surface area (Å²) in [6, 6.07) is 16.7. The topological polar surface area (TPSA) is 81.9 Å². The zero-order valence-corrected chi connectivity index (χ0v) is 15.0. The summed E-state index contributed by atoms with van der Waals surface area (Å²) in [7, 11) is 1.76. The number of pyridine rings is 2. The van der Waals surface area contributed by atoms with Gasteiger partial charge in [-0.2, -0.15) is 5.26 Å². The van der Waals surface area contributed by atoms with Crippen molar-refractivity contribution < 1.29 is 4.79 Å². The monoisotopic (exact) mass is 357 g/mol. The van der Waals surface area contributed by atoms with Gasteiger partial charge in [0.15, 0.2) is 0 Å². The van der Waals surface area contributed by atoms with Gasteiger partial charge in [-0.05, 0) is 48.4 Å². The molecule has 0 fully saturated rings. The van der Waals surface area contributed by atoms with E-state index in [1.165, 1.54) is 0 Å². The molecule has 0 aliphatic rings. The van der Waals surface area contributed by atoms with Crippen LogP contribution in [-0.2, 0) is 6.42 Å². The second-order valence-corrected chi connectivity index (χ2v) is 6.04. The van der Waals surface area contributed by atoms with Gasteiger partial charge in [-0.25, -0.2) is 0 Å². The zero-order chi connectivity index (χ0) is 19.1. The average molecular weight is 357 g/mol. The smallest absolute Gasteiger partial charge is 0.272 e. The second-order valence-electron chi connectivity index (χ2n) is 6.04. The normalized spacial score (nSPS) is 10.1. The molecule has 0 aliphatic heterocycles. The fourth-order valence-electron chi connectivity index (χ4n) is 2.61. The number of carbonyl (C=O) groups excluding carboxylic acids is 1. The van der Waals surface area contributed by atoms with E-state index in [-0.39, 0.29) is 5.91 Å². The zero-order valence-electron chi connectivity index (χ0n) is 15.0. The summed E-state index contributed by atoms with van der Waals surface area (Å²) in [5.41, 5.74) is 3.42. The molecular formula is C21H19N5O. The highest BCUT2D eigenvalue weighted by atomic mass is 16.2. The molecule has 2 heterocycles. The minimum Gasteiger partial charge on any atom is -0.354 e. The molecule has 6 heteroatoms. The van der Waals surface area contributed by atoms with E-state index in [2.05, 4.69) is 21.4 Å². The van der Waals surface area contributed by atoms with Crippen LogP contribution in [0.1, 0.15) is 21.6 Å². The summed E-state index contributed by atoms with van der Waals surface area (Å²) in [5, 5.41) is 12.4. The summed E-state index contributed by atoms with van der Waals surface area (Å²) in [5.74, 6) is -0.152. The van der Waals surface area contributed by atoms with E-state index >= 15 is 0 Å². The molecule has 0 spiro atoms. The predicted octanol–water partition coefficient (Wildman–Crippen LogP) is 3.41. The number of amides is 1. The third-order valence-electron chi connectivity index (χ3n) is 4.14. The largest absolute Gasteiger partial charge is 0.354 e. The Balaban J connectivity index is 1.69. The summed E-state index contributed by atoms with van der Waals surface area (Å²) < 4.78 is 0. The molecule has 0 saturated carbocycles. The molecule has 0 aliphatic carbocycles. The number of aromatic nitrogens is 2. The Morgan fingerprint density at radius 3 is 2.70 bits per heavy atom. The number of hydrogen-bond donors (Lipinski definition) is 1. The van der Waals surface area contributed by atoms with Gasteiger partial charge >= 0.3 is 0 Å². The number of para-hydroxylation sites is 1. The first kappa shape index (κ1) is 18.1. The fourth-order valence-corrected chi connectivity index (χ4v) is 2.61. The summed E-state index contributed by atoms with van der Waals surface area (Å²) in [6.45, 7) is 0.583. The van der Waals surface area contributed by atoms with E-state index in [0.29, 0.717) is 29.2 Å². The Bertz CT molecular complexity index is 966. The first-order valence-electron chi connectivity index (χ1n) is 8.54. The van der Waals surface area contributed by atoms with Gasteiger partial charge in [0.25, 0.3) is 5.91 Å². The number of nitrogens with zero attached hydrogens (tertiary/aromatic N) is 4. The number of hydrogen-bond acceptors (Lipinski definition) is 5. The average Bonchev–Trinajstić information content (AvgIpc) is 2.73. The lowest BCUT2D eigenvalue weighted by molar-refractivity contribution is 0.0791. The quantitative estimate of drug-likeness (QED) is 0.731. The van der Waals surface area contributed by atoms with E-state index in [0.717, 1.165) is 12.0 Å². The van der Waals surface area contributed by atoms with Gasteiger partial charge in [0.05, 0.1) is 11.3 Å². The van der Waals surface area contributed by atoms with Crippen LogP contribution in [0.25, 0.3) is 0 Å². The van der Waals surface area contributed by atoms with Gasteiger partial charge in [-0.15, -0.1) is 0 Å². The fraction of sp³-hybridized carbons (Fsp3) is 0.143. The van der Waals surface area contributed by atoms with Crippen molar-refractivity contribution in [3.05, 3.63) is 83.9 Å². The van der Waals surface area contributed by atoms with Gasteiger partial charge in [-0.3, -0.25) is 14.8 Å². The lowest BCUT2D eigenvalue weighted by Crippen LogP contribution is -2.29. The molecule has 2 aromatic heterocycles. The summed E-state index contributed by atoms with van der Waals surface area (Å²) in [4.78, 5) is 22.5. The van der Waals surface area contributed by atoms with Crippen LogP contribution in [0.3, 0.4) is 0 Å². The maximum Gasteiger partial charge on any atom is 0.272 e. The number of carbonyl (C=O) groups is 1. The maximum atomic E-state index is 12.7. The molecular weight excluding hydrogens is 338 g/mol. The highest BCUT2D eigenvalue weighted by Crippen LogP contribution is 2.20. The Labute approximate surface area is 158 Å². The minimum absolute atomic E-state index is 0.152. The Hall–Kier alpha value is -3.72. The van der Waals surface area contributed by atoms with Gasteiger partial charge in [0, 0.05) is 37.9 Å². The van der Waals surface area contributed by atoms with E-state index in [1.54, 1.807) is 48.7 Å². The highest BCUT2D eigenvalue weighted by molar-refractivity contribution is 5.93. The number of anilines is 2. The minimum atomic E-state index is -0.152. The van der Waals surface area contributed by atoms with Crippen LogP contribution in [0.2, 0.25) is 0 Å². The maximum absolute atomic E-state index is 12.7. The van der Waals surface area contributed by atoms with Crippen molar-refractivity contribution in [3.63, 3.8) is 0 Å². The number of rotatable bonds is 6. The molecule has 0 radical (unpaired) electrons. The molecule has 0 atom stereocenters. The molecule has 27 heavy (non-hydrogen) atoms. The highest BCUT2D eigenvalue weighted by Gasteiger charge is 2.14. The molecule has 3 aromatic rings. The van der Waals surface area contributed by atoms with E-state index in [9.17, 15) is 10.1 Å². The van der Waals surface area contributed by atoms with Gasteiger partial charge in [-0.1, -0.05) is 12.1 Å². The second kappa shape index (κ2) is 8.59. The van der Waals surface area contributed by atoms with Crippen LogP contribution < -0.4 is 5.32 Å². The molecule has 1 N–H and O–H groups in total. The number of nitrogens with one attached hydrogen (secondary N) is 1. The molecule has 3 rings (SSSR count). The molecule has 0 bridgehead atoms. The Kier molecular flexibility index (Phi) is 5.75. The summed E-state index contributed by atoms with van der Waals surface area (Å²) >= 11 is 0. The van der Waals surface area contributed by atoms with Crippen molar-refractivity contribution >= 4 is 17.3 Å². The van der Waals surface area contributed by atoms with Gasteiger partial charge in [0.1, 0.15) is 11.8 Å². The third kappa shape index (κ3) is 4.67. The van der Waals surface area contributed by atoms with Gasteiger partial charge < -0.3 is 10.2 Å². The van der Waals surface area contributed by atoms with Crippen molar-refractivity contribution in [3.8, 4) is 6.07 Å². The van der Waals surface area contributed by atoms with Crippen molar-refractivity contribution in [2.45, 2.75) is 6.42 Å². The lowest BCUT2D eigenvalue weighted by atomic mass is 10.2. The van der Waals surface area contributed by atoms with Crippen LogP contribution in [-0.4, -0.2) is 34.4 Å². The Morgan fingerprint density at radius 1 is 1.15 bits per heavy atom. The van der Waals surface area contributed by atoms with Crippen molar-refractivity contribution in [2.24, 2.45) is 0 Å². The standard InChI is InChI=1S/C21H19N5O/c1-26(13-9-16-6-10-23-11-7-16)21(27)20-14-18(8-12-24-20)25-19-5-3-2-4-17(19)15-22/h2-8,10-12,14H,9,13H2,1H3,(H,24,25). The van der Waals surface area contributed by atoms with Crippen LogP contribution in [0.15, 0.2) is 67.1 Å². The molecule has 0 unspecified atom stereocenters. The van der Waals surface area contributed by atoms with E-state index < -0.39 is 0 Å². The predicted molar refractivity (Wildman–Crippen MR) is 104 cm³/mol. The number of likely N-dealkylation sites (N-methyl/N-ethyl adjacent to an activating group) is 1. The third-order valence-corrected chi connectivity index (χ3v) is 4.14. The molecule has 1 amide bonds. The van der Waals surface area contributed by atoms with E-state index in [4.69, 9.17) is 0 Å². The lowest BCUT2D eigenvalue weighted by Gasteiger charge is -2.17. The van der Waals surface area contributed by atoms with Crippen LogP contribution in [0.5, 0.6) is 0 Å². The van der Waals surface area contributed by atoms with Crippen LogP contribution in [0, 0.1) is 11.3 Å². The summed E-state index contributed by atoms with van der Waals surface area (Å²) in [6.07, 6.45) is 5.82. The SMILES string of the molecule is CN(CCc1ccncc1)C(=O)c1cc(Nc2ccccc2C#N)ccn1. The van der Waals surface area contributed by atoms with Crippen molar-refractivity contribution in [1.29, 1.82) is 5.26 Å². The van der Waals surface area contributed by atoms with Crippen molar-refractivity contribution in [1.82, 2.24) is 14.9 Å². The van der Waals surface area contributed by atoms with Gasteiger partial charge in [0.2, 0.25) is 0 Å². The van der Waals surface area contributed by atoms with Crippen LogP contribution >= 0.6 is 0 Å². The first-order chi connectivity index (χ1) is 13.2. The number of benzene rings is 1. The van der Waals surface area contributed by atoms with Crippen LogP contribution in [0.4, 0.5) is 11.4 Å². The molecule has 0 saturated heterocycles. The van der Waals surface area contributed by atoms with E-state index in [1.807, 2.05) is 30.3 Å². The first-order valence-corrected chi connectivity index (χ1v) is 8.54.